The maximum Gasteiger partial charge on any atom is 0.484 e. The first kappa shape index (κ1) is 16.8. The SMILES string of the molecule is COc1ccc(C(C)=O)cc1CN1C(=O)C(F)(F)Oc2ncccc21. The number of Topliss-reactive ketones (excluding diaryl/α,β-unsaturated/α-hetero) is 1. The zero-order valence-electron chi connectivity index (χ0n) is 13.5. The fourth-order valence-corrected chi connectivity index (χ4v) is 2.55. The highest BCUT2D eigenvalue weighted by Gasteiger charge is 2.51. The molecule has 0 saturated heterocycles. The number of methoxy groups -OCH3 is 1. The van der Waals surface area contributed by atoms with E-state index in [2.05, 4.69) is 9.72 Å². The lowest BCUT2D eigenvalue weighted by Gasteiger charge is -2.32. The third kappa shape index (κ3) is 3.02. The number of amides is 1. The van der Waals surface area contributed by atoms with Crippen LogP contribution < -0.4 is 14.4 Å². The number of carbonyl (C=O) groups excluding carboxylic acids is 2. The summed E-state index contributed by atoms with van der Waals surface area (Å²) in [5.41, 5.74) is 0.916. The minimum Gasteiger partial charge on any atom is -0.496 e. The van der Waals surface area contributed by atoms with Gasteiger partial charge in [0.2, 0.25) is 5.88 Å². The number of pyridine rings is 1. The fourth-order valence-electron chi connectivity index (χ4n) is 2.55. The second kappa shape index (κ2) is 6.12. The van der Waals surface area contributed by atoms with Crippen molar-refractivity contribution in [3.05, 3.63) is 47.7 Å². The maximum atomic E-state index is 13.9. The molecule has 0 N–H and O–H groups in total. The molecule has 1 aromatic heterocycles. The average molecular weight is 348 g/mol. The molecular formula is C17H14F2N2O4. The van der Waals surface area contributed by atoms with E-state index in [1.165, 1.54) is 38.4 Å². The van der Waals surface area contributed by atoms with E-state index in [0.29, 0.717) is 16.9 Å². The number of hydrogen-bond donors (Lipinski definition) is 0. The van der Waals surface area contributed by atoms with Gasteiger partial charge in [0.25, 0.3) is 0 Å². The first-order valence-corrected chi connectivity index (χ1v) is 7.35. The maximum absolute atomic E-state index is 13.9. The first-order chi connectivity index (χ1) is 11.8. The van der Waals surface area contributed by atoms with Crippen molar-refractivity contribution in [2.45, 2.75) is 19.6 Å². The third-order valence-electron chi connectivity index (χ3n) is 3.78. The molecule has 0 aliphatic carbocycles. The molecule has 0 saturated carbocycles. The zero-order valence-corrected chi connectivity index (χ0v) is 13.5. The molecule has 1 amide bonds. The smallest absolute Gasteiger partial charge is 0.484 e. The Morgan fingerprint density at radius 2 is 2.12 bits per heavy atom. The van der Waals surface area contributed by atoms with Gasteiger partial charge in [-0.3, -0.25) is 14.5 Å². The van der Waals surface area contributed by atoms with E-state index in [9.17, 15) is 18.4 Å². The van der Waals surface area contributed by atoms with Gasteiger partial charge in [0.15, 0.2) is 5.78 Å². The summed E-state index contributed by atoms with van der Waals surface area (Å²) in [4.78, 5) is 28.3. The van der Waals surface area contributed by atoms with E-state index in [1.54, 1.807) is 12.1 Å². The average Bonchev–Trinajstić information content (AvgIpc) is 2.58. The standard InChI is InChI=1S/C17H14F2N2O4/c1-10(22)11-5-6-14(24-2)12(8-11)9-21-13-4-3-7-20-15(13)25-17(18,19)16(21)23/h3-8H,9H2,1-2H3. The van der Waals surface area contributed by atoms with Crippen molar-refractivity contribution in [2.24, 2.45) is 0 Å². The van der Waals surface area contributed by atoms with Gasteiger partial charge in [0.05, 0.1) is 13.7 Å². The number of carbonyl (C=O) groups is 2. The van der Waals surface area contributed by atoms with Crippen LogP contribution in [-0.4, -0.2) is 29.9 Å². The van der Waals surface area contributed by atoms with Crippen molar-refractivity contribution >= 4 is 17.4 Å². The highest BCUT2D eigenvalue weighted by atomic mass is 19.3. The summed E-state index contributed by atoms with van der Waals surface area (Å²) < 4.78 is 37.4. The zero-order chi connectivity index (χ0) is 18.2. The third-order valence-corrected chi connectivity index (χ3v) is 3.78. The number of ether oxygens (including phenoxy) is 2. The number of alkyl halides is 2. The van der Waals surface area contributed by atoms with Gasteiger partial charge in [-0.2, -0.15) is 8.78 Å². The van der Waals surface area contributed by atoms with Gasteiger partial charge in [0.1, 0.15) is 11.4 Å². The number of ketones is 1. The molecule has 2 aromatic rings. The fraction of sp³-hybridized carbons (Fsp3) is 0.235. The Labute approximate surface area is 142 Å². The van der Waals surface area contributed by atoms with Gasteiger partial charge in [-0.05, 0) is 37.3 Å². The molecule has 0 spiro atoms. The van der Waals surface area contributed by atoms with Crippen LogP contribution in [0.3, 0.4) is 0 Å². The Kier molecular flexibility index (Phi) is 4.12. The quantitative estimate of drug-likeness (QED) is 0.795. The van der Waals surface area contributed by atoms with Crippen LogP contribution in [0.4, 0.5) is 14.5 Å². The number of aromatic nitrogens is 1. The summed E-state index contributed by atoms with van der Waals surface area (Å²) >= 11 is 0. The lowest BCUT2D eigenvalue weighted by molar-refractivity contribution is -0.194. The largest absolute Gasteiger partial charge is 0.496 e. The molecule has 25 heavy (non-hydrogen) atoms. The van der Waals surface area contributed by atoms with E-state index in [0.717, 1.165) is 4.90 Å². The van der Waals surface area contributed by atoms with Crippen LogP contribution in [0.15, 0.2) is 36.5 Å². The monoisotopic (exact) mass is 348 g/mol. The minimum absolute atomic E-state index is 0.119. The van der Waals surface area contributed by atoms with Gasteiger partial charge in [-0.1, -0.05) is 0 Å². The van der Waals surface area contributed by atoms with Crippen LogP contribution in [0.25, 0.3) is 0 Å². The molecule has 0 radical (unpaired) electrons. The van der Waals surface area contributed by atoms with Crippen molar-refractivity contribution in [3.63, 3.8) is 0 Å². The Bertz CT molecular complexity index is 854. The van der Waals surface area contributed by atoms with Gasteiger partial charge in [0, 0.05) is 17.3 Å². The lowest BCUT2D eigenvalue weighted by Crippen LogP contribution is -2.50. The Balaban J connectivity index is 2.06. The molecule has 1 aromatic carbocycles. The van der Waals surface area contributed by atoms with Crippen LogP contribution in [0.1, 0.15) is 22.8 Å². The Hall–Kier alpha value is -3.03. The minimum atomic E-state index is -4.02. The molecule has 0 atom stereocenters. The van der Waals surface area contributed by atoms with Gasteiger partial charge in [-0.15, -0.1) is 0 Å². The van der Waals surface area contributed by atoms with E-state index >= 15 is 0 Å². The second-order valence-electron chi connectivity index (χ2n) is 5.42. The summed E-state index contributed by atoms with van der Waals surface area (Å²) in [7, 11) is 1.41. The van der Waals surface area contributed by atoms with E-state index in [1.807, 2.05) is 0 Å². The molecule has 1 aliphatic heterocycles. The van der Waals surface area contributed by atoms with Crippen molar-refractivity contribution in [2.75, 3.05) is 12.0 Å². The number of benzene rings is 1. The summed E-state index contributed by atoms with van der Waals surface area (Å²) in [5, 5.41) is 0. The number of rotatable bonds is 4. The highest BCUT2D eigenvalue weighted by molar-refractivity contribution is 6.00. The molecule has 0 bridgehead atoms. The van der Waals surface area contributed by atoms with Crippen molar-refractivity contribution in [3.8, 4) is 11.6 Å². The molecular weight excluding hydrogens is 334 g/mol. The number of halogens is 2. The number of anilines is 1. The summed E-state index contributed by atoms with van der Waals surface area (Å²) in [5.74, 6) is -1.67. The van der Waals surface area contributed by atoms with Gasteiger partial charge < -0.3 is 9.47 Å². The molecule has 3 rings (SSSR count). The molecule has 2 heterocycles. The highest BCUT2D eigenvalue weighted by Crippen LogP contribution is 2.39. The number of hydrogen-bond acceptors (Lipinski definition) is 5. The second-order valence-corrected chi connectivity index (χ2v) is 5.42. The number of nitrogens with zero attached hydrogens (tertiary/aromatic N) is 2. The van der Waals surface area contributed by atoms with Crippen molar-refractivity contribution in [1.29, 1.82) is 0 Å². The van der Waals surface area contributed by atoms with Crippen LogP contribution in [0.2, 0.25) is 0 Å². The molecule has 130 valence electrons. The number of fused-ring (bicyclic) bond motifs is 1. The Morgan fingerprint density at radius 1 is 1.36 bits per heavy atom. The predicted molar refractivity (Wildman–Crippen MR) is 84.0 cm³/mol. The van der Waals surface area contributed by atoms with Crippen LogP contribution in [0, 0.1) is 0 Å². The topological polar surface area (TPSA) is 68.7 Å². The van der Waals surface area contributed by atoms with Crippen LogP contribution in [0.5, 0.6) is 11.6 Å². The van der Waals surface area contributed by atoms with Gasteiger partial charge in [-0.25, -0.2) is 4.98 Å². The molecule has 8 heteroatoms. The lowest BCUT2D eigenvalue weighted by atomic mass is 10.1. The Morgan fingerprint density at radius 3 is 2.80 bits per heavy atom. The van der Waals surface area contributed by atoms with E-state index in [-0.39, 0.29) is 23.9 Å². The van der Waals surface area contributed by atoms with Gasteiger partial charge >= 0.3 is 12.0 Å². The van der Waals surface area contributed by atoms with Crippen LogP contribution in [-0.2, 0) is 11.3 Å². The summed E-state index contributed by atoms with van der Waals surface area (Å²) in [6.07, 6.45) is -2.73. The molecule has 6 nitrogen and oxygen atoms in total. The van der Waals surface area contributed by atoms with E-state index < -0.39 is 12.0 Å². The molecule has 0 unspecified atom stereocenters. The van der Waals surface area contributed by atoms with Crippen LogP contribution >= 0.6 is 0 Å². The van der Waals surface area contributed by atoms with Crippen molar-refractivity contribution in [1.82, 2.24) is 4.98 Å². The normalized spacial score (nSPS) is 15.4. The first-order valence-electron chi connectivity index (χ1n) is 7.35. The molecule has 0 fully saturated rings. The summed E-state index contributed by atoms with van der Waals surface area (Å²) in [6.45, 7) is 1.17. The van der Waals surface area contributed by atoms with Crippen molar-refractivity contribution < 1.29 is 27.8 Å². The summed E-state index contributed by atoms with van der Waals surface area (Å²) in [6, 6.07) is 7.60. The predicted octanol–water partition coefficient (Wildman–Crippen LogP) is 2.81. The molecule has 1 aliphatic rings. The van der Waals surface area contributed by atoms with E-state index in [4.69, 9.17) is 4.74 Å².